The summed E-state index contributed by atoms with van der Waals surface area (Å²) in [6.45, 7) is 1.37. The van der Waals surface area contributed by atoms with Gasteiger partial charge >= 0.3 is 0 Å². The molecule has 122 valence electrons. The average molecular weight is 364 g/mol. The van der Waals surface area contributed by atoms with Crippen LogP contribution in [0.25, 0.3) is 22.6 Å². The number of aromatic nitrogens is 1. The van der Waals surface area contributed by atoms with E-state index < -0.39 is 5.82 Å². The molecule has 2 N–H and O–H groups in total. The van der Waals surface area contributed by atoms with Gasteiger partial charge in [0.2, 0.25) is 11.8 Å². The molecule has 0 aliphatic rings. The van der Waals surface area contributed by atoms with Gasteiger partial charge in [-0.05, 0) is 48.6 Å². The monoisotopic (exact) mass is 363 g/mol. The highest BCUT2D eigenvalue weighted by Crippen LogP contribution is 2.31. The number of carbonyl (C=O) groups excluding carboxylic acids is 1. The van der Waals surface area contributed by atoms with E-state index in [1.54, 1.807) is 18.2 Å². The van der Waals surface area contributed by atoms with Crippen molar-refractivity contribution in [3.63, 3.8) is 0 Å². The molecule has 1 amide bonds. The van der Waals surface area contributed by atoms with Gasteiger partial charge in [0.1, 0.15) is 11.3 Å². The second kappa shape index (κ2) is 6.54. The second-order valence-electron chi connectivity index (χ2n) is 4.96. The number of carbonyl (C=O) groups is 1. The van der Waals surface area contributed by atoms with E-state index in [2.05, 4.69) is 15.6 Å². The lowest BCUT2D eigenvalue weighted by Gasteiger charge is -2.07. The number of rotatable bonds is 2. The number of oxazole rings is 1. The van der Waals surface area contributed by atoms with Gasteiger partial charge in [-0.2, -0.15) is 0 Å². The van der Waals surface area contributed by atoms with Gasteiger partial charge in [-0.15, -0.1) is 0 Å². The Morgan fingerprint density at radius 1 is 1.29 bits per heavy atom. The van der Waals surface area contributed by atoms with E-state index in [0.717, 1.165) is 0 Å². The topological polar surface area (TPSA) is 67.2 Å². The number of anilines is 1. The summed E-state index contributed by atoms with van der Waals surface area (Å²) in [5.74, 6) is -0.405. The summed E-state index contributed by atoms with van der Waals surface area (Å²) in [6.07, 6.45) is 0. The molecule has 1 heterocycles. The molecule has 0 aliphatic carbocycles. The Bertz CT molecular complexity index is 958. The van der Waals surface area contributed by atoms with Crippen molar-refractivity contribution in [2.75, 3.05) is 5.32 Å². The highest BCUT2D eigenvalue weighted by Gasteiger charge is 2.13. The minimum absolute atomic E-state index is 0.187. The van der Waals surface area contributed by atoms with E-state index in [4.69, 9.17) is 28.2 Å². The number of fused-ring (bicyclic) bond motifs is 1. The maximum Gasteiger partial charge on any atom is 0.228 e. The van der Waals surface area contributed by atoms with Gasteiger partial charge in [0.05, 0.1) is 10.6 Å². The first kappa shape index (κ1) is 16.4. The number of hydrogen-bond donors (Lipinski definition) is 2. The zero-order chi connectivity index (χ0) is 17.3. The van der Waals surface area contributed by atoms with Crippen LogP contribution in [0.1, 0.15) is 6.92 Å². The molecule has 0 unspecified atom stereocenters. The summed E-state index contributed by atoms with van der Waals surface area (Å²) in [6, 6.07) is 9.15. The van der Waals surface area contributed by atoms with Gasteiger partial charge in [-0.1, -0.05) is 11.6 Å². The predicted molar refractivity (Wildman–Crippen MR) is 94.5 cm³/mol. The first-order chi connectivity index (χ1) is 11.4. The molecule has 0 bridgehead atoms. The molecule has 0 saturated heterocycles. The second-order valence-corrected chi connectivity index (χ2v) is 5.78. The van der Waals surface area contributed by atoms with Crippen LogP contribution in [-0.2, 0) is 4.79 Å². The third-order valence-corrected chi connectivity index (χ3v) is 3.61. The fourth-order valence-electron chi connectivity index (χ4n) is 2.11. The normalized spacial score (nSPS) is 10.6. The molecule has 0 fully saturated rings. The van der Waals surface area contributed by atoms with Crippen LogP contribution < -0.4 is 10.6 Å². The van der Waals surface area contributed by atoms with Crippen LogP contribution in [-0.4, -0.2) is 16.0 Å². The van der Waals surface area contributed by atoms with E-state index in [0.29, 0.717) is 22.4 Å². The number of halogens is 2. The van der Waals surface area contributed by atoms with Crippen molar-refractivity contribution in [1.82, 2.24) is 10.3 Å². The molecule has 24 heavy (non-hydrogen) atoms. The number of amides is 1. The van der Waals surface area contributed by atoms with Crippen LogP contribution in [0.15, 0.2) is 40.8 Å². The molecular formula is C16H11ClFN3O2S. The van der Waals surface area contributed by atoms with Gasteiger partial charge in [-0.3, -0.25) is 4.79 Å². The third kappa shape index (κ3) is 3.52. The van der Waals surface area contributed by atoms with Crippen molar-refractivity contribution >= 4 is 51.6 Å². The summed E-state index contributed by atoms with van der Waals surface area (Å²) >= 11 is 11.0. The zero-order valence-corrected chi connectivity index (χ0v) is 14.0. The molecule has 0 aliphatic heterocycles. The van der Waals surface area contributed by atoms with Gasteiger partial charge in [-0.25, -0.2) is 9.37 Å². The quantitative estimate of drug-likeness (QED) is 0.670. The van der Waals surface area contributed by atoms with Crippen molar-refractivity contribution in [3.8, 4) is 11.5 Å². The van der Waals surface area contributed by atoms with Gasteiger partial charge in [0, 0.05) is 12.6 Å². The number of nitrogens with one attached hydrogen (secondary N) is 2. The fourth-order valence-corrected chi connectivity index (χ4v) is 2.62. The number of nitrogens with zero attached hydrogens (tertiary/aromatic N) is 1. The maximum absolute atomic E-state index is 13.1. The maximum atomic E-state index is 13.1. The van der Waals surface area contributed by atoms with Crippen molar-refractivity contribution in [1.29, 1.82) is 0 Å². The van der Waals surface area contributed by atoms with E-state index in [-0.39, 0.29) is 21.9 Å². The summed E-state index contributed by atoms with van der Waals surface area (Å²) in [5, 5.41) is 5.74. The fraction of sp³-hybridized carbons (Fsp3) is 0.0625. The van der Waals surface area contributed by atoms with E-state index in [1.807, 2.05) is 0 Å². The largest absolute Gasteiger partial charge is 0.436 e. The smallest absolute Gasteiger partial charge is 0.228 e. The highest BCUT2D eigenvalue weighted by atomic mass is 35.5. The highest BCUT2D eigenvalue weighted by molar-refractivity contribution is 7.80. The predicted octanol–water partition coefficient (Wildman–Crippen LogP) is 4.12. The van der Waals surface area contributed by atoms with Crippen LogP contribution >= 0.6 is 23.8 Å². The summed E-state index contributed by atoms with van der Waals surface area (Å²) in [5.41, 5.74) is 2.26. The summed E-state index contributed by atoms with van der Waals surface area (Å²) < 4.78 is 18.8. The Hall–Kier alpha value is -2.51. The van der Waals surface area contributed by atoms with Crippen LogP contribution in [0, 0.1) is 5.82 Å². The Morgan fingerprint density at radius 3 is 2.79 bits per heavy atom. The van der Waals surface area contributed by atoms with Crippen molar-refractivity contribution < 1.29 is 13.6 Å². The van der Waals surface area contributed by atoms with Crippen LogP contribution in [0.5, 0.6) is 0 Å². The van der Waals surface area contributed by atoms with E-state index >= 15 is 0 Å². The van der Waals surface area contributed by atoms with Gasteiger partial charge in [0.25, 0.3) is 0 Å². The Labute approximate surface area is 146 Å². The molecule has 3 aromatic rings. The molecule has 0 spiro atoms. The molecule has 0 saturated carbocycles. The average Bonchev–Trinajstić information content (AvgIpc) is 2.88. The molecule has 1 aromatic heterocycles. The van der Waals surface area contributed by atoms with Gasteiger partial charge < -0.3 is 15.1 Å². The molecule has 3 rings (SSSR count). The van der Waals surface area contributed by atoms with Crippen LogP contribution in [0.3, 0.4) is 0 Å². The lowest BCUT2D eigenvalue weighted by molar-refractivity contribution is -0.117. The summed E-state index contributed by atoms with van der Waals surface area (Å²) in [4.78, 5) is 15.3. The lowest BCUT2D eigenvalue weighted by Crippen LogP contribution is -2.32. The van der Waals surface area contributed by atoms with Crippen molar-refractivity contribution in [3.05, 3.63) is 47.2 Å². The zero-order valence-electron chi connectivity index (χ0n) is 12.4. The van der Waals surface area contributed by atoms with Crippen LogP contribution in [0.2, 0.25) is 5.02 Å². The van der Waals surface area contributed by atoms with Gasteiger partial charge in [0.15, 0.2) is 10.7 Å². The lowest BCUT2D eigenvalue weighted by atomic mass is 10.2. The Kier molecular flexibility index (Phi) is 4.46. The number of thiocarbonyl (C=S) groups is 1. The minimum atomic E-state index is -0.433. The minimum Gasteiger partial charge on any atom is -0.436 e. The van der Waals surface area contributed by atoms with E-state index in [1.165, 1.54) is 25.1 Å². The molecular weight excluding hydrogens is 353 g/mol. The molecule has 8 heteroatoms. The molecule has 0 atom stereocenters. The molecule has 5 nitrogen and oxygen atoms in total. The standard InChI is InChI=1S/C16H11ClFN3O2S/c1-8(22)19-16(24)20-10-3-5-14-13(7-10)21-15(23-14)11-4-2-9(18)6-12(11)17/h2-7H,1H3,(H2,19,20,22,24). The number of benzene rings is 2. The first-order valence-corrected chi connectivity index (χ1v) is 7.65. The SMILES string of the molecule is CC(=O)NC(=S)Nc1ccc2oc(-c3ccc(F)cc3Cl)nc2c1. The Balaban J connectivity index is 1.91. The van der Waals surface area contributed by atoms with Crippen molar-refractivity contribution in [2.45, 2.75) is 6.92 Å². The molecule has 0 radical (unpaired) electrons. The van der Waals surface area contributed by atoms with E-state index in [9.17, 15) is 9.18 Å². The van der Waals surface area contributed by atoms with Crippen molar-refractivity contribution in [2.24, 2.45) is 0 Å². The Morgan fingerprint density at radius 2 is 2.08 bits per heavy atom. The number of hydrogen-bond acceptors (Lipinski definition) is 4. The summed E-state index contributed by atoms with van der Waals surface area (Å²) in [7, 11) is 0. The first-order valence-electron chi connectivity index (χ1n) is 6.87. The molecule has 2 aromatic carbocycles. The third-order valence-electron chi connectivity index (χ3n) is 3.10. The van der Waals surface area contributed by atoms with Crippen LogP contribution in [0.4, 0.5) is 10.1 Å².